The molecule has 1 saturated heterocycles. The van der Waals surface area contributed by atoms with Gasteiger partial charge in [0.2, 0.25) is 5.91 Å². The third-order valence-corrected chi connectivity index (χ3v) is 4.30. The van der Waals surface area contributed by atoms with Crippen LogP contribution in [0.2, 0.25) is 5.02 Å². The summed E-state index contributed by atoms with van der Waals surface area (Å²) in [6, 6.07) is 6.32. The molecule has 0 radical (unpaired) electrons. The van der Waals surface area contributed by atoms with Gasteiger partial charge in [-0.1, -0.05) is 23.7 Å². The Hall–Kier alpha value is -1.44. The van der Waals surface area contributed by atoms with E-state index in [9.17, 15) is 9.59 Å². The molecule has 1 aliphatic rings. The first kappa shape index (κ1) is 16.9. The topological polar surface area (TPSA) is 84.7 Å². The van der Waals surface area contributed by atoms with E-state index in [2.05, 4.69) is 5.32 Å². The molecule has 1 aromatic carbocycles. The summed E-state index contributed by atoms with van der Waals surface area (Å²) in [4.78, 5) is 25.2. The van der Waals surface area contributed by atoms with Crippen molar-refractivity contribution in [1.82, 2.24) is 10.2 Å². The van der Waals surface area contributed by atoms with Crippen molar-refractivity contribution in [2.75, 3.05) is 24.8 Å². The molecule has 0 unspecified atom stereocenters. The quantitative estimate of drug-likeness (QED) is 0.844. The molecule has 8 heteroatoms. The number of amides is 2. The van der Waals surface area contributed by atoms with Crippen LogP contribution in [0.25, 0.3) is 0 Å². The van der Waals surface area contributed by atoms with E-state index in [1.165, 1.54) is 0 Å². The van der Waals surface area contributed by atoms with Gasteiger partial charge in [0.1, 0.15) is 12.6 Å². The molecular formula is C14H18ClN3O3S. The van der Waals surface area contributed by atoms with Crippen molar-refractivity contribution in [3.05, 3.63) is 34.9 Å². The number of ether oxygens (including phenoxy) is 1. The highest BCUT2D eigenvalue weighted by Gasteiger charge is 2.24. The van der Waals surface area contributed by atoms with Gasteiger partial charge in [0.15, 0.2) is 0 Å². The van der Waals surface area contributed by atoms with Gasteiger partial charge >= 0.3 is 6.09 Å². The van der Waals surface area contributed by atoms with Crippen molar-refractivity contribution in [1.29, 1.82) is 0 Å². The maximum absolute atomic E-state index is 11.9. The lowest BCUT2D eigenvalue weighted by Gasteiger charge is -2.19. The summed E-state index contributed by atoms with van der Waals surface area (Å²) in [6.45, 7) is 0.852. The molecule has 0 spiro atoms. The predicted octanol–water partition coefficient (Wildman–Crippen LogP) is 1.43. The number of benzene rings is 1. The maximum Gasteiger partial charge on any atom is 0.407 e. The summed E-state index contributed by atoms with van der Waals surface area (Å²) >= 11 is 7.53. The van der Waals surface area contributed by atoms with Crippen LogP contribution < -0.4 is 11.1 Å². The van der Waals surface area contributed by atoms with E-state index in [-0.39, 0.29) is 12.5 Å². The third-order valence-electron chi connectivity index (χ3n) is 3.10. The highest BCUT2D eigenvalue weighted by molar-refractivity contribution is 7.99. The minimum atomic E-state index is -0.824. The van der Waals surface area contributed by atoms with Gasteiger partial charge in [-0.3, -0.25) is 4.79 Å². The minimum absolute atomic E-state index is 0.138. The fourth-order valence-electron chi connectivity index (χ4n) is 1.93. The normalized spacial score (nSPS) is 15.5. The average molecular weight is 344 g/mol. The molecule has 0 bridgehead atoms. The lowest BCUT2D eigenvalue weighted by molar-refractivity contribution is -0.131. The molecule has 120 valence electrons. The molecule has 1 aromatic rings. The van der Waals surface area contributed by atoms with Crippen molar-refractivity contribution < 1.29 is 14.3 Å². The summed E-state index contributed by atoms with van der Waals surface area (Å²) < 4.78 is 4.97. The maximum atomic E-state index is 11.9. The minimum Gasteiger partial charge on any atom is -0.447 e. The number of hydrogen-bond donors (Lipinski definition) is 2. The van der Waals surface area contributed by atoms with Crippen molar-refractivity contribution in [2.24, 2.45) is 5.73 Å². The number of nitrogens with two attached hydrogens (primary N) is 1. The molecule has 1 aliphatic heterocycles. The second-order valence-electron chi connectivity index (χ2n) is 4.83. The lowest BCUT2D eigenvalue weighted by Crippen LogP contribution is -2.46. The van der Waals surface area contributed by atoms with E-state index in [1.54, 1.807) is 34.9 Å². The van der Waals surface area contributed by atoms with E-state index < -0.39 is 12.1 Å². The van der Waals surface area contributed by atoms with E-state index in [1.807, 2.05) is 6.07 Å². The van der Waals surface area contributed by atoms with Gasteiger partial charge < -0.3 is 20.7 Å². The summed E-state index contributed by atoms with van der Waals surface area (Å²) in [5.41, 5.74) is 6.61. The van der Waals surface area contributed by atoms with Crippen LogP contribution in [0, 0.1) is 0 Å². The summed E-state index contributed by atoms with van der Waals surface area (Å²) in [5, 5.41) is 3.19. The second-order valence-corrected chi connectivity index (χ2v) is 6.34. The standard InChI is InChI=1S/C14H18ClN3O3S/c15-11-3-1-2-10(6-11)7-17-14(20)21-8-12(16)13(19)18-4-5-22-9-18/h1-3,6,12H,4-5,7-9,16H2,(H,17,20)/t12-/m0/s1. The van der Waals surface area contributed by atoms with Crippen LogP contribution in [0.5, 0.6) is 0 Å². The van der Waals surface area contributed by atoms with E-state index in [0.717, 1.165) is 11.3 Å². The molecule has 2 rings (SSSR count). The van der Waals surface area contributed by atoms with Crippen molar-refractivity contribution in [2.45, 2.75) is 12.6 Å². The van der Waals surface area contributed by atoms with E-state index >= 15 is 0 Å². The number of halogens is 1. The van der Waals surface area contributed by atoms with Crippen LogP contribution in [0.4, 0.5) is 4.79 Å². The third kappa shape index (κ3) is 5.08. The molecular weight excluding hydrogens is 326 g/mol. The van der Waals surface area contributed by atoms with Gasteiger partial charge in [-0.15, -0.1) is 11.8 Å². The molecule has 1 heterocycles. The molecule has 3 N–H and O–H groups in total. The number of hydrogen-bond acceptors (Lipinski definition) is 5. The lowest BCUT2D eigenvalue weighted by atomic mass is 10.2. The van der Waals surface area contributed by atoms with E-state index in [4.69, 9.17) is 22.1 Å². The first-order valence-corrected chi connectivity index (χ1v) is 8.36. The smallest absolute Gasteiger partial charge is 0.407 e. The van der Waals surface area contributed by atoms with Crippen LogP contribution in [-0.4, -0.2) is 47.7 Å². The number of alkyl carbamates (subject to hydrolysis) is 1. The first-order valence-electron chi connectivity index (χ1n) is 6.83. The van der Waals surface area contributed by atoms with Gasteiger partial charge in [0.05, 0.1) is 5.88 Å². The highest BCUT2D eigenvalue weighted by atomic mass is 35.5. The Labute approximate surface area is 138 Å². The fourth-order valence-corrected chi connectivity index (χ4v) is 3.10. The number of thioether (sulfide) groups is 1. The second kappa shape index (κ2) is 8.26. The summed E-state index contributed by atoms with van der Waals surface area (Å²) in [6.07, 6.45) is -0.612. The molecule has 22 heavy (non-hydrogen) atoms. The predicted molar refractivity (Wildman–Crippen MR) is 86.7 cm³/mol. The first-order chi connectivity index (χ1) is 10.6. The van der Waals surface area contributed by atoms with Gasteiger partial charge in [-0.2, -0.15) is 0 Å². The Bertz CT molecular complexity index is 538. The van der Waals surface area contributed by atoms with Crippen molar-refractivity contribution >= 4 is 35.4 Å². The average Bonchev–Trinajstić information content (AvgIpc) is 3.04. The monoisotopic (exact) mass is 343 g/mol. The van der Waals surface area contributed by atoms with Crippen LogP contribution in [0.1, 0.15) is 5.56 Å². The molecule has 0 aromatic heterocycles. The number of carbonyl (C=O) groups is 2. The molecule has 0 aliphatic carbocycles. The largest absolute Gasteiger partial charge is 0.447 e. The van der Waals surface area contributed by atoms with Crippen LogP contribution in [0.15, 0.2) is 24.3 Å². The Morgan fingerprint density at radius 2 is 2.32 bits per heavy atom. The zero-order chi connectivity index (χ0) is 15.9. The Morgan fingerprint density at radius 3 is 3.00 bits per heavy atom. The number of nitrogens with zero attached hydrogens (tertiary/aromatic N) is 1. The molecule has 1 atom stereocenters. The molecule has 6 nitrogen and oxygen atoms in total. The van der Waals surface area contributed by atoms with Crippen molar-refractivity contribution in [3.63, 3.8) is 0 Å². The molecule has 0 saturated carbocycles. The molecule has 1 fully saturated rings. The van der Waals surface area contributed by atoms with Crippen LogP contribution in [0.3, 0.4) is 0 Å². The number of carbonyl (C=O) groups excluding carboxylic acids is 2. The summed E-state index contributed by atoms with van der Waals surface area (Å²) in [7, 11) is 0. The van der Waals surface area contributed by atoms with Gasteiger partial charge in [0.25, 0.3) is 0 Å². The summed E-state index contributed by atoms with van der Waals surface area (Å²) in [5.74, 6) is 1.38. The fraction of sp³-hybridized carbons (Fsp3) is 0.429. The van der Waals surface area contributed by atoms with Gasteiger partial charge in [-0.25, -0.2) is 4.79 Å². The van der Waals surface area contributed by atoms with Gasteiger partial charge in [0, 0.05) is 23.9 Å². The highest BCUT2D eigenvalue weighted by Crippen LogP contribution is 2.14. The zero-order valence-corrected chi connectivity index (χ0v) is 13.5. The van der Waals surface area contributed by atoms with E-state index in [0.29, 0.717) is 24.0 Å². The van der Waals surface area contributed by atoms with Crippen LogP contribution in [-0.2, 0) is 16.1 Å². The zero-order valence-electron chi connectivity index (χ0n) is 12.0. The SMILES string of the molecule is N[C@@H](COC(=O)NCc1cccc(Cl)c1)C(=O)N1CCSC1. The molecule has 2 amide bonds. The Morgan fingerprint density at radius 1 is 1.50 bits per heavy atom. The van der Waals surface area contributed by atoms with Crippen LogP contribution >= 0.6 is 23.4 Å². The number of rotatable bonds is 5. The Balaban J connectivity index is 1.69. The number of nitrogens with one attached hydrogen (secondary N) is 1. The van der Waals surface area contributed by atoms with Crippen molar-refractivity contribution in [3.8, 4) is 0 Å². The van der Waals surface area contributed by atoms with Gasteiger partial charge in [-0.05, 0) is 17.7 Å². The Kier molecular flexibility index (Phi) is 6.35.